The molecule has 0 saturated heterocycles. The van der Waals surface area contributed by atoms with Gasteiger partial charge in [-0.3, -0.25) is 0 Å². The zero-order valence-electron chi connectivity index (χ0n) is 11.7. The van der Waals surface area contributed by atoms with Crippen molar-refractivity contribution in [2.45, 2.75) is 32.5 Å². The number of rotatable bonds is 5. The van der Waals surface area contributed by atoms with E-state index in [0.29, 0.717) is 17.7 Å². The van der Waals surface area contributed by atoms with Crippen LogP contribution >= 0.6 is 0 Å². The van der Waals surface area contributed by atoms with E-state index in [9.17, 15) is 9.50 Å². The molecule has 0 aromatic heterocycles. The van der Waals surface area contributed by atoms with Crippen molar-refractivity contribution in [3.05, 3.63) is 65.5 Å². The highest BCUT2D eigenvalue weighted by Gasteiger charge is 2.21. The third-order valence-electron chi connectivity index (χ3n) is 3.33. The van der Waals surface area contributed by atoms with Crippen LogP contribution in [0.3, 0.4) is 0 Å². The average molecular weight is 274 g/mol. The van der Waals surface area contributed by atoms with Crippen molar-refractivity contribution in [1.29, 1.82) is 0 Å². The number of aliphatic hydroxyl groups is 1. The lowest BCUT2D eigenvalue weighted by atomic mass is 10.0. The smallest absolute Gasteiger partial charge is 0.129 e. The topological polar surface area (TPSA) is 29.5 Å². The van der Waals surface area contributed by atoms with E-state index in [2.05, 4.69) is 0 Å². The fourth-order valence-corrected chi connectivity index (χ4v) is 2.06. The van der Waals surface area contributed by atoms with E-state index in [0.717, 1.165) is 5.56 Å². The maximum atomic E-state index is 13.5. The summed E-state index contributed by atoms with van der Waals surface area (Å²) in [5.74, 6) is 0.140. The first-order chi connectivity index (χ1) is 9.61. The van der Waals surface area contributed by atoms with Crippen molar-refractivity contribution in [2.24, 2.45) is 0 Å². The van der Waals surface area contributed by atoms with Crippen molar-refractivity contribution in [3.8, 4) is 5.75 Å². The molecule has 2 unspecified atom stereocenters. The van der Waals surface area contributed by atoms with Gasteiger partial charge in [-0.05, 0) is 30.5 Å². The standard InChI is InChI=1S/C17H19FO2/c1-3-16(17(19)13-7-5-4-6-8-13)20-14-10-9-12(2)15(18)11-14/h4-11,16-17,19H,3H2,1-2H3. The van der Waals surface area contributed by atoms with Crippen LogP contribution in [0.4, 0.5) is 4.39 Å². The van der Waals surface area contributed by atoms with E-state index in [4.69, 9.17) is 4.74 Å². The molecule has 0 heterocycles. The highest BCUT2D eigenvalue weighted by atomic mass is 19.1. The van der Waals surface area contributed by atoms with Gasteiger partial charge in [0.2, 0.25) is 0 Å². The summed E-state index contributed by atoms with van der Waals surface area (Å²) in [5, 5.41) is 10.3. The van der Waals surface area contributed by atoms with Gasteiger partial charge in [-0.2, -0.15) is 0 Å². The number of hydrogen-bond acceptors (Lipinski definition) is 2. The van der Waals surface area contributed by atoms with Crippen molar-refractivity contribution in [3.63, 3.8) is 0 Å². The zero-order chi connectivity index (χ0) is 14.5. The van der Waals surface area contributed by atoms with Crippen LogP contribution in [-0.4, -0.2) is 11.2 Å². The Labute approximate surface area is 118 Å². The van der Waals surface area contributed by atoms with Crippen molar-refractivity contribution < 1.29 is 14.2 Å². The predicted octanol–water partition coefficient (Wildman–Crippen LogP) is 4.03. The second kappa shape index (κ2) is 6.53. The largest absolute Gasteiger partial charge is 0.487 e. The van der Waals surface area contributed by atoms with Crippen LogP contribution in [0.5, 0.6) is 5.75 Å². The second-order valence-corrected chi connectivity index (χ2v) is 4.83. The molecule has 2 rings (SSSR count). The molecule has 0 amide bonds. The Morgan fingerprint density at radius 1 is 1.15 bits per heavy atom. The SMILES string of the molecule is CCC(Oc1ccc(C)c(F)c1)C(O)c1ccccc1. The van der Waals surface area contributed by atoms with Gasteiger partial charge >= 0.3 is 0 Å². The normalized spacial score (nSPS) is 13.8. The average Bonchev–Trinajstić information content (AvgIpc) is 2.48. The summed E-state index contributed by atoms with van der Waals surface area (Å²) >= 11 is 0. The van der Waals surface area contributed by atoms with Crippen LogP contribution in [0, 0.1) is 12.7 Å². The number of aryl methyl sites for hydroxylation is 1. The van der Waals surface area contributed by atoms with E-state index >= 15 is 0 Å². The number of hydrogen-bond donors (Lipinski definition) is 1. The Hall–Kier alpha value is -1.87. The fraction of sp³-hybridized carbons (Fsp3) is 0.294. The first-order valence-corrected chi connectivity index (χ1v) is 6.77. The van der Waals surface area contributed by atoms with Crippen LogP contribution < -0.4 is 4.74 Å². The Kier molecular flexibility index (Phi) is 4.74. The molecule has 2 aromatic carbocycles. The van der Waals surface area contributed by atoms with Gasteiger partial charge in [-0.25, -0.2) is 4.39 Å². The summed E-state index contributed by atoms with van der Waals surface area (Å²) in [6.07, 6.45) is -0.504. The quantitative estimate of drug-likeness (QED) is 0.892. The molecule has 0 fully saturated rings. The molecule has 2 atom stereocenters. The maximum Gasteiger partial charge on any atom is 0.129 e. The highest BCUT2D eigenvalue weighted by molar-refractivity contribution is 5.28. The van der Waals surface area contributed by atoms with Crippen molar-refractivity contribution in [1.82, 2.24) is 0 Å². The summed E-state index contributed by atoms with van der Waals surface area (Å²) in [4.78, 5) is 0. The molecule has 20 heavy (non-hydrogen) atoms. The first-order valence-electron chi connectivity index (χ1n) is 6.77. The van der Waals surface area contributed by atoms with Crippen LogP contribution in [-0.2, 0) is 0 Å². The van der Waals surface area contributed by atoms with Gasteiger partial charge in [0.1, 0.15) is 23.8 Å². The number of ether oxygens (including phenoxy) is 1. The summed E-state index contributed by atoms with van der Waals surface area (Å²) in [6, 6.07) is 14.1. The van der Waals surface area contributed by atoms with Crippen LogP contribution in [0.25, 0.3) is 0 Å². The minimum Gasteiger partial charge on any atom is -0.487 e. The van der Waals surface area contributed by atoms with Crippen LogP contribution in [0.2, 0.25) is 0 Å². The van der Waals surface area contributed by atoms with Crippen LogP contribution in [0.1, 0.15) is 30.6 Å². The van der Waals surface area contributed by atoms with Gasteiger partial charge in [0.15, 0.2) is 0 Å². The molecule has 106 valence electrons. The molecule has 0 aliphatic carbocycles. The molecule has 0 bridgehead atoms. The Balaban J connectivity index is 2.14. The predicted molar refractivity (Wildman–Crippen MR) is 77.2 cm³/mol. The Bertz CT molecular complexity index is 554. The number of benzene rings is 2. The molecular formula is C17H19FO2. The number of aliphatic hydroxyl groups excluding tert-OH is 1. The van der Waals surface area contributed by atoms with E-state index < -0.39 is 12.2 Å². The van der Waals surface area contributed by atoms with E-state index in [-0.39, 0.29) is 5.82 Å². The van der Waals surface area contributed by atoms with E-state index in [1.165, 1.54) is 6.07 Å². The lowest BCUT2D eigenvalue weighted by Gasteiger charge is -2.23. The molecule has 1 N–H and O–H groups in total. The van der Waals surface area contributed by atoms with Gasteiger partial charge < -0.3 is 9.84 Å². The zero-order valence-corrected chi connectivity index (χ0v) is 11.7. The third kappa shape index (κ3) is 3.36. The van der Waals surface area contributed by atoms with Crippen LogP contribution in [0.15, 0.2) is 48.5 Å². The molecule has 0 radical (unpaired) electrons. The first kappa shape index (κ1) is 14.5. The summed E-state index contributed by atoms with van der Waals surface area (Å²) in [5.41, 5.74) is 1.38. The minimum atomic E-state index is -0.731. The Morgan fingerprint density at radius 2 is 1.85 bits per heavy atom. The Morgan fingerprint density at radius 3 is 2.45 bits per heavy atom. The van der Waals surface area contributed by atoms with Gasteiger partial charge in [-0.1, -0.05) is 43.3 Å². The second-order valence-electron chi connectivity index (χ2n) is 4.83. The molecule has 0 saturated carbocycles. The molecule has 2 aromatic rings. The molecular weight excluding hydrogens is 255 g/mol. The van der Waals surface area contributed by atoms with Gasteiger partial charge in [0, 0.05) is 6.07 Å². The lowest BCUT2D eigenvalue weighted by molar-refractivity contribution is 0.0330. The fourth-order valence-electron chi connectivity index (χ4n) is 2.06. The van der Waals surface area contributed by atoms with Gasteiger partial charge in [-0.15, -0.1) is 0 Å². The van der Waals surface area contributed by atoms with Crippen molar-refractivity contribution >= 4 is 0 Å². The lowest BCUT2D eigenvalue weighted by Crippen LogP contribution is -2.24. The summed E-state index contributed by atoms with van der Waals surface area (Å²) in [7, 11) is 0. The maximum absolute atomic E-state index is 13.5. The minimum absolute atomic E-state index is 0.299. The monoisotopic (exact) mass is 274 g/mol. The highest BCUT2D eigenvalue weighted by Crippen LogP contribution is 2.25. The molecule has 0 aliphatic rings. The number of halogens is 1. The molecule has 3 heteroatoms. The molecule has 0 aliphatic heterocycles. The summed E-state index contributed by atoms with van der Waals surface area (Å²) < 4.78 is 19.2. The van der Waals surface area contributed by atoms with E-state index in [1.54, 1.807) is 19.1 Å². The third-order valence-corrected chi connectivity index (χ3v) is 3.33. The molecule has 0 spiro atoms. The van der Waals surface area contributed by atoms with Gasteiger partial charge in [0.25, 0.3) is 0 Å². The van der Waals surface area contributed by atoms with E-state index in [1.807, 2.05) is 37.3 Å². The van der Waals surface area contributed by atoms with Gasteiger partial charge in [0.05, 0.1) is 0 Å². The van der Waals surface area contributed by atoms with Crippen molar-refractivity contribution in [2.75, 3.05) is 0 Å². The molecule has 2 nitrogen and oxygen atoms in total. The summed E-state index contributed by atoms with van der Waals surface area (Å²) in [6.45, 7) is 3.64.